The number of ether oxygens (including phenoxy) is 1. The average molecular weight is 965 g/mol. The monoisotopic (exact) mass is 963 g/mol. The third-order valence-corrected chi connectivity index (χ3v) is 15.2. The normalized spacial score (nSPS) is 20.4. The zero-order valence-corrected chi connectivity index (χ0v) is 42.8. The maximum atomic E-state index is 14.1. The molecule has 11 nitrogen and oxygen atoms in total. The number of hydrogen-bond acceptors (Lipinski definition) is 8. The number of aromatic nitrogens is 1. The summed E-state index contributed by atoms with van der Waals surface area (Å²) >= 11 is 7.91. The summed E-state index contributed by atoms with van der Waals surface area (Å²) in [5.41, 5.74) is 5.91. The highest BCUT2D eigenvalue weighted by Gasteiger charge is 2.64. The van der Waals surface area contributed by atoms with Crippen LogP contribution in [0.5, 0.6) is 5.75 Å². The van der Waals surface area contributed by atoms with E-state index in [1.54, 1.807) is 23.5 Å². The molecule has 2 aliphatic rings. The summed E-state index contributed by atoms with van der Waals surface area (Å²) < 4.78 is 6.41. The van der Waals surface area contributed by atoms with E-state index >= 15 is 0 Å². The number of likely N-dealkylation sites (tertiary alicyclic amines) is 1. The molecule has 0 radical (unpaired) electrons. The number of unbranched alkanes of at least 4 members (excludes halogenated alkanes) is 5. The van der Waals surface area contributed by atoms with Crippen molar-refractivity contribution in [3.05, 3.63) is 105 Å². The number of thiazole rings is 1. The fraction of sp³-hybridized carbons (Fsp3) is 0.509. The molecular weight excluding hydrogens is 894 g/mol. The van der Waals surface area contributed by atoms with E-state index in [0.29, 0.717) is 34.7 Å². The Bertz CT molecular complexity index is 2440. The van der Waals surface area contributed by atoms with Crippen LogP contribution in [0.25, 0.3) is 10.4 Å². The van der Waals surface area contributed by atoms with Crippen molar-refractivity contribution in [3.63, 3.8) is 0 Å². The van der Waals surface area contributed by atoms with Crippen molar-refractivity contribution >= 4 is 46.6 Å². The highest BCUT2D eigenvalue weighted by Crippen LogP contribution is 2.55. The molecule has 4 atom stereocenters. The maximum Gasteiger partial charge on any atom is 0.251 e. The third kappa shape index (κ3) is 12.3. The van der Waals surface area contributed by atoms with Gasteiger partial charge in [0.1, 0.15) is 23.9 Å². The highest BCUT2D eigenvalue weighted by molar-refractivity contribution is 7.13. The first-order valence-electron chi connectivity index (χ1n) is 24.0. The number of β-amino-alcohol motifs (C(OH)–C–C–N with tert-alkyl or cyclic N) is 1. The largest absolute Gasteiger partial charge is 0.489 e. The van der Waals surface area contributed by atoms with Gasteiger partial charge < -0.3 is 30.7 Å². The minimum Gasteiger partial charge on any atom is -0.489 e. The van der Waals surface area contributed by atoms with Crippen molar-refractivity contribution in [2.45, 2.75) is 156 Å². The van der Waals surface area contributed by atoms with Gasteiger partial charge in [0.15, 0.2) is 0 Å². The van der Waals surface area contributed by atoms with Crippen LogP contribution in [0, 0.1) is 35.5 Å². The molecule has 4 aromatic rings. The summed E-state index contributed by atoms with van der Waals surface area (Å²) in [6.45, 7) is 18.0. The van der Waals surface area contributed by atoms with Gasteiger partial charge in [0.25, 0.3) is 5.91 Å². The Morgan fingerprint density at radius 1 is 0.941 bits per heavy atom. The quantitative estimate of drug-likeness (QED) is 0.0540. The van der Waals surface area contributed by atoms with E-state index in [9.17, 15) is 24.3 Å². The molecule has 3 aromatic carbocycles. The van der Waals surface area contributed by atoms with E-state index < -0.39 is 23.6 Å². The van der Waals surface area contributed by atoms with Gasteiger partial charge in [-0.2, -0.15) is 0 Å². The lowest BCUT2D eigenvalue weighted by Crippen LogP contribution is -2.74. The van der Waals surface area contributed by atoms with E-state index in [1.807, 2.05) is 94.7 Å². The van der Waals surface area contributed by atoms with E-state index in [-0.39, 0.29) is 65.6 Å². The van der Waals surface area contributed by atoms with Crippen molar-refractivity contribution < 1.29 is 29.0 Å². The van der Waals surface area contributed by atoms with Crippen molar-refractivity contribution in [2.24, 2.45) is 16.2 Å². The summed E-state index contributed by atoms with van der Waals surface area (Å²) in [4.78, 5) is 61.3. The number of nitrogens with zero attached hydrogens (tertiary/aromatic N) is 2. The van der Waals surface area contributed by atoms with Crippen LogP contribution in [0.4, 0.5) is 0 Å². The third-order valence-electron chi connectivity index (χ3n) is 13.9. The number of terminal acetylenes is 1. The predicted octanol–water partition coefficient (Wildman–Crippen LogP) is 10.0. The first-order chi connectivity index (χ1) is 32.1. The second kappa shape index (κ2) is 22.0. The van der Waals surface area contributed by atoms with Gasteiger partial charge >= 0.3 is 0 Å². The van der Waals surface area contributed by atoms with Crippen LogP contribution in [0.3, 0.4) is 0 Å². The van der Waals surface area contributed by atoms with Crippen molar-refractivity contribution in [3.8, 4) is 28.5 Å². The first kappa shape index (κ1) is 52.2. The lowest BCUT2D eigenvalue weighted by atomic mass is 9.49. The summed E-state index contributed by atoms with van der Waals surface area (Å²) in [5, 5.41) is 20.4. The van der Waals surface area contributed by atoms with Crippen LogP contribution in [0.1, 0.15) is 146 Å². The van der Waals surface area contributed by atoms with Crippen LogP contribution < -0.4 is 20.7 Å². The van der Waals surface area contributed by atoms with Crippen LogP contribution in [0.15, 0.2) is 72.2 Å². The van der Waals surface area contributed by atoms with Crippen LogP contribution in [0.2, 0.25) is 5.02 Å². The Balaban J connectivity index is 0.887. The molecule has 364 valence electrons. The molecule has 68 heavy (non-hydrogen) atoms. The number of aryl methyl sites for hydroxylation is 2. The fourth-order valence-electron chi connectivity index (χ4n) is 10.2. The number of aliphatic hydroxyl groups is 1. The van der Waals surface area contributed by atoms with Crippen molar-refractivity contribution in [2.75, 3.05) is 6.54 Å². The Morgan fingerprint density at radius 3 is 2.19 bits per heavy atom. The number of carbonyl (C=O) groups is 4. The summed E-state index contributed by atoms with van der Waals surface area (Å²) in [7, 11) is 0. The molecule has 1 saturated carbocycles. The van der Waals surface area contributed by atoms with Gasteiger partial charge in [-0.3, -0.25) is 19.2 Å². The molecule has 6 rings (SSSR count). The molecule has 0 unspecified atom stereocenters. The van der Waals surface area contributed by atoms with Gasteiger partial charge in [0.2, 0.25) is 17.7 Å². The molecule has 0 spiro atoms. The van der Waals surface area contributed by atoms with Gasteiger partial charge in [0.05, 0.1) is 33.3 Å². The Kier molecular flexibility index (Phi) is 16.9. The summed E-state index contributed by atoms with van der Waals surface area (Å²) in [5.74, 6) is 2.21. The number of rotatable bonds is 19. The van der Waals surface area contributed by atoms with Gasteiger partial charge in [-0.25, -0.2) is 4.98 Å². The Hall–Kier alpha value is -5.22. The summed E-state index contributed by atoms with van der Waals surface area (Å²) in [6, 6.07) is 19.1. The molecule has 1 saturated heterocycles. The molecule has 2 heterocycles. The van der Waals surface area contributed by atoms with E-state index in [1.165, 1.54) is 10.5 Å². The number of benzene rings is 3. The van der Waals surface area contributed by atoms with E-state index in [2.05, 4.69) is 54.5 Å². The van der Waals surface area contributed by atoms with Gasteiger partial charge in [-0.15, -0.1) is 17.8 Å². The highest BCUT2D eigenvalue weighted by atomic mass is 35.5. The Labute approximate surface area is 412 Å². The van der Waals surface area contributed by atoms with Crippen molar-refractivity contribution in [1.29, 1.82) is 0 Å². The molecule has 1 aromatic heterocycles. The minimum absolute atomic E-state index is 0.0251. The molecule has 13 heteroatoms. The van der Waals surface area contributed by atoms with Gasteiger partial charge in [-0.1, -0.05) is 128 Å². The number of hydrogen-bond donors (Lipinski definition) is 4. The van der Waals surface area contributed by atoms with E-state index in [4.69, 9.17) is 22.8 Å². The molecule has 1 aliphatic carbocycles. The smallest absolute Gasteiger partial charge is 0.251 e. The van der Waals surface area contributed by atoms with Crippen LogP contribution in [-0.4, -0.2) is 75.5 Å². The lowest BCUT2D eigenvalue weighted by Gasteiger charge is -2.63. The van der Waals surface area contributed by atoms with Gasteiger partial charge in [-0.05, 0) is 79.5 Å². The average Bonchev–Trinajstić information content (AvgIpc) is 3.91. The standard InChI is InChI=1S/C55H70ClN5O6S/c1-11-37-28-29-42(31-43(37)56)67-52-54(7,8)51(55(52,9)10)60-48(64)40-22-20-36(21-23-40)18-16-14-12-13-15-17-19-45(63)59-47(53(4,5)6)50(66)61-32-41(62)30-44(61)49(65)58-34(2)38-24-26-39(27-25-38)46-35(3)57-33-68-46/h1,20-29,31,33-34,41,44,47,51-52,62H,12-19,30,32H2,2-10H3,(H,58,65)(H,59,63)(H,60,64)/t34-,41+,44-,47+,51?,52?/m0/s1. The van der Waals surface area contributed by atoms with Crippen LogP contribution >= 0.6 is 22.9 Å². The number of amides is 4. The zero-order chi connectivity index (χ0) is 49.6. The maximum absolute atomic E-state index is 14.1. The fourth-order valence-corrected chi connectivity index (χ4v) is 11.3. The number of halogens is 1. The molecule has 2 fully saturated rings. The van der Waals surface area contributed by atoms with E-state index in [0.717, 1.165) is 60.2 Å². The minimum atomic E-state index is -0.861. The number of nitrogens with one attached hydrogen (secondary N) is 3. The van der Waals surface area contributed by atoms with Crippen LogP contribution in [-0.2, 0) is 20.8 Å². The van der Waals surface area contributed by atoms with Crippen molar-refractivity contribution in [1.82, 2.24) is 25.8 Å². The number of carbonyl (C=O) groups excluding carboxylic acids is 4. The predicted molar refractivity (Wildman–Crippen MR) is 271 cm³/mol. The Morgan fingerprint density at radius 2 is 1.59 bits per heavy atom. The molecule has 1 aliphatic heterocycles. The summed E-state index contributed by atoms with van der Waals surface area (Å²) in [6.07, 6.45) is 11.6. The molecule has 4 amide bonds. The first-order valence-corrected chi connectivity index (χ1v) is 25.3. The zero-order valence-electron chi connectivity index (χ0n) is 41.2. The second-order valence-corrected chi connectivity index (χ2v) is 22.3. The SMILES string of the molecule is C#Cc1ccc(OC2C(C)(C)C(NC(=O)c3ccc(CCCCCCCCC(=O)N[C@H](C(=O)N4C[C@H](O)C[C@H]4C(=O)N[C@@H](C)c4ccc(-c5scnc5C)cc4)C(C)(C)C)cc3)C2(C)C)cc1Cl. The topological polar surface area (TPSA) is 150 Å². The van der Waals surface area contributed by atoms with Gasteiger partial charge in [0, 0.05) is 53.5 Å². The number of aliphatic hydroxyl groups excluding tert-OH is 1. The second-order valence-electron chi connectivity index (χ2n) is 21.0. The molecule has 4 N–H and O–H groups in total. The lowest BCUT2D eigenvalue weighted by molar-refractivity contribution is -0.164. The molecule has 0 bridgehead atoms. The molecular formula is C55H70ClN5O6S.